The fraction of sp³-hybridized carbons (Fsp3) is 0.364. The highest BCUT2D eigenvalue weighted by Gasteiger charge is 2.13. The van der Waals surface area contributed by atoms with Crippen LogP contribution in [0, 0.1) is 0 Å². The molecule has 0 N–H and O–H groups in total. The van der Waals surface area contributed by atoms with Gasteiger partial charge in [0.2, 0.25) is 0 Å². The minimum Gasteiger partial charge on any atom is -0.458 e. The highest BCUT2D eigenvalue weighted by atomic mass is 32.1. The molecule has 0 radical (unpaired) electrons. The first-order valence-corrected chi connectivity index (χ1v) is 6.26. The number of esters is 1. The molecule has 0 unspecified atom stereocenters. The lowest BCUT2D eigenvalue weighted by Crippen LogP contribution is -2.17. The molecule has 0 aliphatic heterocycles. The van der Waals surface area contributed by atoms with E-state index in [0.29, 0.717) is 5.69 Å². The number of nitrogens with zero attached hydrogens (tertiary/aromatic N) is 3. The van der Waals surface area contributed by atoms with Crippen LogP contribution in [-0.2, 0) is 11.3 Å². The van der Waals surface area contributed by atoms with Gasteiger partial charge in [-0.2, -0.15) is 5.10 Å². The van der Waals surface area contributed by atoms with Crippen LogP contribution in [0.15, 0.2) is 29.4 Å². The minimum atomic E-state index is -0.362. The molecule has 2 aromatic rings. The number of rotatable bonds is 5. The molecular weight excluding hydrogens is 238 g/mol. The van der Waals surface area contributed by atoms with E-state index in [0.717, 1.165) is 13.0 Å². The van der Waals surface area contributed by atoms with Gasteiger partial charge in [0.05, 0.1) is 5.51 Å². The van der Waals surface area contributed by atoms with Crippen LogP contribution in [0.1, 0.15) is 23.8 Å². The summed E-state index contributed by atoms with van der Waals surface area (Å²) in [5, 5.41) is 5.77. The van der Waals surface area contributed by atoms with Gasteiger partial charge in [-0.3, -0.25) is 4.68 Å². The third kappa shape index (κ3) is 3.39. The third-order valence-electron chi connectivity index (χ3n) is 2.27. The Balaban J connectivity index is 1.77. The summed E-state index contributed by atoms with van der Waals surface area (Å²) in [5.74, 6) is -0.362. The number of hydrogen-bond acceptors (Lipinski definition) is 5. The standard InChI is InChI=1S/C11H13N3O2S/c1-9(3-6-14-5-2-4-13-14)16-11(15)10-7-17-8-12-10/h2,4-5,7-9H,3,6H2,1H3/t9-/m0/s1. The van der Waals surface area contributed by atoms with Gasteiger partial charge in [0.25, 0.3) is 0 Å². The Morgan fingerprint density at radius 2 is 2.53 bits per heavy atom. The van der Waals surface area contributed by atoms with E-state index in [1.807, 2.05) is 23.9 Å². The maximum atomic E-state index is 11.6. The molecule has 0 aliphatic carbocycles. The average Bonchev–Trinajstić information content (AvgIpc) is 2.99. The second-order valence-corrected chi connectivity index (χ2v) is 4.37. The highest BCUT2D eigenvalue weighted by molar-refractivity contribution is 7.07. The van der Waals surface area contributed by atoms with Gasteiger partial charge in [-0.05, 0) is 13.0 Å². The van der Waals surface area contributed by atoms with Crippen LogP contribution in [0.2, 0.25) is 0 Å². The van der Waals surface area contributed by atoms with Gasteiger partial charge in [-0.25, -0.2) is 9.78 Å². The van der Waals surface area contributed by atoms with E-state index in [1.54, 1.807) is 17.1 Å². The molecule has 2 aromatic heterocycles. The smallest absolute Gasteiger partial charge is 0.358 e. The Morgan fingerprint density at radius 1 is 1.65 bits per heavy atom. The summed E-state index contributed by atoms with van der Waals surface area (Å²) in [4.78, 5) is 15.5. The topological polar surface area (TPSA) is 57.0 Å². The number of aromatic nitrogens is 3. The van der Waals surface area contributed by atoms with Crippen LogP contribution in [-0.4, -0.2) is 26.8 Å². The summed E-state index contributed by atoms with van der Waals surface area (Å²) in [6.45, 7) is 2.60. The Bertz CT molecular complexity index is 453. The van der Waals surface area contributed by atoms with Crippen molar-refractivity contribution in [2.75, 3.05) is 0 Å². The molecule has 0 saturated carbocycles. The predicted octanol–water partition coefficient (Wildman–Crippen LogP) is 1.98. The minimum absolute atomic E-state index is 0.145. The second kappa shape index (κ2) is 5.58. The van der Waals surface area contributed by atoms with E-state index >= 15 is 0 Å². The van der Waals surface area contributed by atoms with Crippen molar-refractivity contribution >= 4 is 17.3 Å². The zero-order valence-corrected chi connectivity index (χ0v) is 10.3. The van der Waals surface area contributed by atoms with Gasteiger partial charge in [0, 0.05) is 30.7 Å². The summed E-state index contributed by atoms with van der Waals surface area (Å²) in [7, 11) is 0. The maximum Gasteiger partial charge on any atom is 0.358 e. The lowest BCUT2D eigenvalue weighted by Gasteiger charge is -2.12. The monoisotopic (exact) mass is 251 g/mol. The molecule has 90 valence electrons. The summed E-state index contributed by atoms with van der Waals surface area (Å²) in [6, 6.07) is 1.87. The lowest BCUT2D eigenvalue weighted by molar-refractivity contribution is 0.0308. The molecule has 0 spiro atoms. The Morgan fingerprint density at radius 3 is 3.18 bits per heavy atom. The molecule has 5 nitrogen and oxygen atoms in total. The summed E-state index contributed by atoms with van der Waals surface area (Å²) >= 11 is 1.38. The van der Waals surface area contributed by atoms with Crippen LogP contribution in [0.3, 0.4) is 0 Å². The fourth-order valence-electron chi connectivity index (χ4n) is 1.36. The summed E-state index contributed by atoms with van der Waals surface area (Å²) < 4.78 is 7.07. The van der Waals surface area contributed by atoms with Crippen LogP contribution < -0.4 is 0 Å². The van der Waals surface area contributed by atoms with Gasteiger partial charge in [-0.1, -0.05) is 0 Å². The van der Waals surface area contributed by atoms with E-state index in [4.69, 9.17) is 4.74 Å². The molecule has 2 rings (SSSR count). The first kappa shape index (κ1) is 11.8. The van der Waals surface area contributed by atoms with Crippen molar-refractivity contribution < 1.29 is 9.53 Å². The zero-order valence-electron chi connectivity index (χ0n) is 9.44. The molecule has 2 heterocycles. The first-order valence-electron chi connectivity index (χ1n) is 5.32. The molecule has 1 atom stereocenters. The second-order valence-electron chi connectivity index (χ2n) is 3.65. The van der Waals surface area contributed by atoms with Crippen LogP contribution >= 0.6 is 11.3 Å². The van der Waals surface area contributed by atoms with Crippen molar-refractivity contribution in [1.29, 1.82) is 0 Å². The normalized spacial score (nSPS) is 12.3. The molecule has 0 aliphatic rings. The molecule has 0 bridgehead atoms. The van der Waals surface area contributed by atoms with Crippen molar-refractivity contribution in [3.05, 3.63) is 35.0 Å². The van der Waals surface area contributed by atoms with Crippen LogP contribution in [0.4, 0.5) is 0 Å². The molecule has 17 heavy (non-hydrogen) atoms. The van der Waals surface area contributed by atoms with Crippen LogP contribution in [0.25, 0.3) is 0 Å². The number of carbonyl (C=O) groups excluding carboxylic acids is 1. The Hall–Kier alpha value is -1.69. The summed E-state index contributed by atoms with van der Waals surface area (Å²) in [5.41, 5.74) is 1.99. The van der Waals surface area contributed by atoms with Crippen molar-refractivity contribution in [3.8, 4) is 0 Å². The number of aryl methyl sites for hydroxylation is 1. The lowest BCUT2D eigenvalue weighted by atomic mass is 10.3. The van der Waals surface area contributed by atoms with Crippen molar-refractivity contribution in [1.82, 2.24) is 14.8 Å². The largest absolute Gasteiger partial charge is 0.458 e. The number of thiazole rings is 1. The van der Waals surface area contributed by atoms with Gasteiger partial charge in [0.15, 0.2) is 5.69 Å². The predicted molar refractivity (Wildman–Crippen MR) is 63.8 cm³/mol. The van der Waals surface area contributed by atoms with E-state index in [1.165, 1.54) is 11.3 Å². The van der Waals surface area contributed by atoms with Crippen molar-refractivity contribution in [2.45, 2.75) is 26.0 Å². The highest BCUT2D eigenvalue weighted by Crippen LogP contribution is 2.07. The third-order valence-corrected chi connectivity index (χ3v) is 2.86. The SMILES string of the molecule is C[C@@H](CCn1cccn1)OC(=O)c1cscn1. The molecule has 0 amide bonds. The van der Waals surface area contributed by atoms with E-state index in [2.05, 4.69) is 10.1 Å². The summed E-state index contributed by atoms with van der Waals surface area (Å²) in [6.07, 6.45) is 4.20. The average molecular weight is 251 g/mol. The van der Waals surface area contributed by atoms with Crippen molar-refractivity contribution in [3.63, 3.8) is 0 Å². The van der Waals surface area contributed by atoms with E-state index < -0.39 is 0 Å². The van der Waals surface area contributed by atoms with Gasteiger partial charge in [0.1, 0.15) is 6.10 Å². The van der Waals surface area contributed by atoms with Gasteiger partial charge in [-0.15, -0.1) is 11.3 Å². The van der Waals surface area contributed by atoms with Gasteiger partial charge < -0.3 is 4.74 Å². The van der Waals surface area contributed by atoms with Crippen LogP contribution in [0.5, 0.6) is 0 Å². The molecular formula is C11H13N3O2S. The molecule has 0 fully saturated rings. The van der Waals surface area contributed by atoms with E-state index in [-0.39, 0.29) is 12.1 Å². The number of carbonyl (C=O) groups is 1. The molecule has 6 heteroatoms. The molecule has 0 aromatic carbocycles. The molecule has 0 saturated heterocycles. The zero-order chi connectivity index (χ0) is 12.1. The van der Waals surface area contributed by atoms with Gasteiger partial charge >= 0.3 is 5.97 Å². The maximum absolute atomic E-state index is 11.6. The number of ether oxygens (including phenoxy) is 1. The Labute approximate surface area is 103 Å². The number of hydrogen-bond donors (Lipinski definition) is 0. The quantitative estimate of drug-likeness (QED) is 0.762. The van der Waals surface area contributed by atoms with Crippen molar-refractivity contribution in [2.24, 2.45) is 0 Å². The first-order chi connectivity index (χ1) is 8.25. The Kier molecular flexibility index (Phi) is 3.87. The van der Waals surface area contributed by atoms with E-state index in [9.17, 15) is 4.79 Å². The fourth-order valence-corrected chi connectivity index (χ4v) is 1.88.